The largest absolute Gasteiger partial charge is 0.467 e. The van der Waals surface area contributed by atoms with Crippen LogP contribution in [0, 0.1) is 0 Å². The van der Waals surface area contributed by atoms with E-state index in [1.807, 2.05) is 61.5 Å². The maximum Gasteiger partial charge on any atom is 0.233 e. The minimum atomic E-state index is -0.292. The van der Waals surface area contributed by atoms with Crippen molar-refractivity contribution in [3.05, 3.63) is 71.1 Å². The lowest BCUT2D eigenvalue weighted by atomic mass is 10.2. The molecule has 1 amide bonds. The van der Waals surface area contributed by atoms with Crippen LogP contribution in [0.2, 0.25) is 0 Å². The highest BCUT2D eigenvalue weighted by Crippen LogP contribution is 2.32. The lowest BCUT2D eigenvalue weighted by molar-refractivity contribution is -0.120. The number of benzene rings is 2. The second kappa shape index (κ2) is 8.36. The number of carbonyl (C=O) groups is 1. The molecule has 0 fully saturated rings. The first-order valence-electron chi connectivity index (χ1n) is 9.97. The number of fused-ring (bicyclic) bond motifs is 5. The SMILES string of the molecule is CCC(Sc1nc2ccc(Br)cc2c2nc3ccccc3n12)C(=O)NCc1ccco1. The summed E-state index contributed by atoms with van der Waals surface area (Å²) < 4.78 is 8.34. The number of para-hydroxylation sites is 2. The maximum atomic E-state index is 12.9. The number of hydrogen-bond donors (Lipinski definition) is 1. The van der Waals surface area contributed by atoms with Crippen molar-refractivity contribution < 1.29 is 9.21 Å². The van der Waals surface area contributed by atoms with E-state index >= 15 is 0 Å². The van der Waals surface area contributed by atoms with Crippen molar-refractivity contribution in [2.45, 2.75) is 30.3 Å². The number of amides is 1. The first-order valence-corrected chi connectivity index (χ1v) is 11.6. The third kappa shape index (κ3) is 3.81. The molecule has 156 valence electrons. The number of aromatic nitrogens is 3. The van der Waals surface area contributed by atoms with Gasteiger partial charge in [0, 0.05) is 9.86 Å². The van der Waals surface area contributed by atoms with Gasteiger partial charge in [0.2, 0.25) is 5.91 Å². The van der Waals surface area contributed by atoms with Crippen molar-refractivity contribution in [2.24, 2.45) is 0 Å². The molecule has 5 rings (SSSR count). The van der Waals surface area contributed by atoms with Crippen LogP contribution >= 0.6 is 27.7 Å². The van der Waals surface area contributed by atoms with Gasteiger partial charge in [-0.3, -0.25) is 9.20 Å². The maximum absolute atomic E-state index is 12.9. The van der Waals surface area contributed by atoms with Crippen LogP contribution in [0.5, 0.6) is 0 Å². The molecule has 0 aliphatic heterocycles. The first kappa shape index (κ1) is 20.1. The molecule has 6 nitrogen and oxygen atoms in total. The molecule has 0 aliphatic carbocycles. The molecule has 5 aromatic rings. The van der Waals surface area contributed by atoms with Crippen molar-refractivity contribution in [1.82, 2.24) is 19.7 Å². The first-order chi connectivity index (χ1) is 15.1. The van der Waals surface area contributed by atoms with E-state index in [4.69, 9.17) is 14.4 Å². The quantitative estimate of drug-likeness (QED) is 0.246. The zero-order valence-electron chi connectivity index (χ0n) is 16.7. The molecule has 3 aromatic heterocycles. The van der Waals surface area contributed by atoms with E-state index in [2.05, 4.69) is 25.6 Å². The fourth-order valence-electron chi connectivity index (χ4n) is 3.57. The van der Waals surface area contributed by atoms with E-state index in [0.717, 1.165) is 43.0 Å². The van der Waals surface area contributed by atoms with Gasteiger partial charge in [-0.1, -0.05) is 46.7 Å². The highest BCUT2D eigenvalue weighted by Gasteiger charge is 2.22. The summed E-state index contributed by atoms with van der Waals surface area (Å²) in [6.07, 6.45) is 2.27. The summed E-state index contributed by atoms with van der Waals surface area (Å²) in [5.74, 6) is 0.685. The Morgan fingerprint density at radius 3 is 2.84 bits per heavy atom. The average molecular weight is 495 g/mol. The standard InChI is InChI=1S/C23H19BrN4O2S/c1-2-20(22(29)25-13-15-6-5-11-30-15)31-23-27-17-10-9-14(24)12-16(17)21-26-18-7-3-4-8-19(18)28(21)23/h3-12,20H,2,13H2,1H3,(H,25,29). The van der Waals surface area contributed by atoms with Gasteiger partial charge in [0.05, 0.1) is 34.6 Å². The Labute approximate surface area is 191 Å². The number of rotatable bonds is 6. The summed E-state index contributed by atoms with van der Waals surface area (Å²) in [4.78, 5) is 22.7. The Kier molecular flexibility index (Phi) is 5.41. The van der Waals surface area contributed by atoms with E-state index in [0.29, 0.717) is 13.0 Å². The molecule has 0 saturated heterocycles. The molecule has 0 radical (unpaired) electrons. The van der Waals surface area contributed by atoms with Gasteiger partial charge in [-0.2, -0.15) is 0 Å². The van der Waals surface area contributed by atoms with Crippen LogP contribution in [0.4, 0.5) is 0 Å². The molecule has 0 bridgehead atoms. The Morgan fingerprint density at radius 1 is 1.16 bits per heavy atom. The zero-order chi connectivity index (χ0) is 21.4. The van der Waals surface area contributed by atoms with Crippen LogP contribution in [0.15, 0.2) is 74.9 Å². The molecule has 8 heteroatoms. The highest BCUT2D eigenvalue weighted by molar-refractivity contribution is 9.10. The predicted molar refractivity (Wildman–Crippen MR) is 126 cm³/mol. The number of furan rings is 1. The van der Waals surface area contributed by atoms with Crippen molar-refractivity contribution in [3.8, 4) is 0 Å². The highest BCUT2D eigenvalue weighted by atomic mass is 79.9. The number of nitrogens with one attached hydrogen (secondary N) is 1. The van der Waals surface area contributed by atoms with Crippen molar-refractivity contribution in [3.63, 3.8) is 0 Å². The fraction of sp³-hybridized carbons (Fsp3) is 0.174. The number of halogens is 1. The summed E-state index contributed by atoms with van der Waals surface area (Å²) in [6.45, 7) is 2.37. The number of thioether (sulfide) groups is 1. The van der Waals surface area contributed by atoms with Crippen molar-refractivity contribution >= 4 is 61.2 Å². The minimum absolute atomic E-state index is 0.0424. The molecule has 1 N–H and O–H groups in total. The molecule has 2 aromatic carbocycles. The number of carbonyl (C=O) groups excluding carboxylic acids is 1. The molecular weight excluding hydrogens is 476 g/mol. The fourth-order valence-corrected chi connectivity index (χ4v) is 4.98. The molecule has 31 heavy (non-hydrogen) atoms. The van der Waals surface area contributed by atoms with Crippen LogP contribution in [-0.4, -0.2) is 25.5 Å². The lowest BCUT2D eigenvalue weighted by Crippen LogP contribution is -2.32. The van der Waals surface area contributed by atoms with E-state index in [9.17, 15) is 4.79 Å². The van der Waals surface area contributed by atoms with E-state index in [1.165, 1.54) is 11.8 Å². The number of hydrogen-bond acceptors (Lipinski definition) is 5. The Morgan fingerprint density at radius 2 is 2.03 bits per heavy atom. The van der Waals surface area contributed by atoms with Gasteiger partial charge in [0.15, 0.2) is 5.16 Å². The van der Waals surface area contributed by atoms with Crippen LogP contribution in [0.25, 0.3) is 27.6 Å². The normalized spacial score (nSPS) is 12.6. The summed E-state index contributed by atoms with van der Waals surface area (Å²) in [5, 5.41) is 4.39. The number of nitrogens with zero attached hydrogens (tertiary/aromatic N) is 3. The van der Waals surface area contributed by atoms with Crippen molar-refractivity contribution in [1.29, 1.82) is 0 Å². The average Bonchev–Trinajstić information content (AvgIpc) is 3.44. The summed E-state index contributed by atoms with van der Waals surface area (Å²) >= 11 is 5.01. The molecule has 3 heterocycles. The summed E-state index contributed by atoms with van der Waals surface area (Å²) in [7, 11) is 0. The zero-order valence-corrected chi connectivity index (χ0v) is 19.1. The summed E-state index contributed by atoms with van der Waals surface area (Å²) in [6, 6.07) is 17.6. The van der Waals surface area contributed by atoms with E-state index in [-0.39, 0.29) is 11.2 Å². The van der Waals surface area contributed by atoms with Crippen LogP contribution < -0.4 is 5.32 Å². The molecule has 0 aliphatic rings. The van der Waals surface area contributed by atoms with E-state index in [1.54, 1.807) is 6.26 Å². The monoisotopic (exact) mass is 494 g/mol. The molecule has 1 unspecified atom stereocenters. The number of imidazole rings is 1. The smallest absolute Gasteiger partial charge is 0.233 e. The Balaban J connectivity index is 1.57. The minimum Gasteiger partial charge on any atom is -0.467 e. The Hall–Kier alpha value is -2.84. The van der Waals surface area contributed by atoms with Gasteiger partial charge in [-0.15, -0.1) is 0 Å². The topological polar surface area (TPSA) is 72.4 Å². The third-order valence-electron chi connectivity index (χ3n) is 5.10. The second-order valence-corrected chi connectivity index (χ2v) is 9.21. The summed E-state index contributed by atoms with van der Waals surface area (Å²) in [5.41, 5.74) is 3.55. The van der Waals surface area contributed by atoms with Gasteiger partial charge in [-0.25, -0.2) is 9.97 Å². The molecule has 0 spiro atoms. The van der Waals surface area contributed by atoms with Gasteiger partial charge >= 0.3 is 0 Å². The van der Waals surface area contributed by atoms with Crippen molar-refractivity contribution in [2.75, 3.05) is 0 Å². The Bertz CT molecular complexity index is 1400. The van der Waals surface area contributed by atoms with Gasteiger partial charge < -0.3 is 9.73 Å². The third-order valence-corrected chi connectivity index (χ3v) is 6.91. The van der Waals surface area contributed by atoms with Gasteiger partial charge in [0.1, 0.15) is 11.4 Å². The second-order valence-electron chi connectivity index (χ2n) is 7.13. The molecule has 1 atom stereocenters. The van der Waals surface area contributed by atoms with Gasteiger partial charge in [0.25, 0.3) is 0 Å². The van der Waals surface area contributed by atoms with Gasteiger partial charge in [-0.05, 0) is 48.9 Å². The predicted octanol–water partition coefficient (Wildman–Crippen LogP) is 5.58. The van der Waals surface area contributed by atoms with Crippen LogP contribution in [-0.2, 0) is 11.3 Å². The van der Waals surface area contributed by atoms with Crippen LogP contribution in [0.1, 0.15) is 19.1 Å². The molecule has 0 saturated carbocycles. The van der Waals surface area contributed by atoms with E-state index < -0.39 is 0 Å². The van der Waals surface area contributed by atoms with Crippen LogP contribution in [0.3, 0.4) is 0 Å². The lowest BCUT2D eigenvalue weighted by Gasteiger charge is -2.15. The molecular formula is C23H19BrN4O2S.